The van der Waals surface area contributed by atoms with E-state index in [-0.39, 0.29) is 6.04 Å². The van der Waals surface area contributed by atoms with E-state index in [0.717, 1.165) is 34.9 Å². The van der Waals surface area contributed by atoms with Gasteiger partial charge in [0.25, 0.3) is 0 Å². The summed E-state index contributed by atoms with van der Waals surface area (Å²) in [5.74, 6) is 1.48. The highest BCUT2D eigenvalue weighted by molar-refractivity contribution is 5.80. The number of aliphatic imine (C=N–C) groups is 1. The van der Waals surface area contributed by atoms with Crippen LogP contribution in [0.3, 0.4) is 0 Å². The van der Waals surface area contributed by atoms with Crippen LogP contribution in [0.1, 0.15) is 30.6 Å². The Labute approximate surface area is 118 Å². The van der Waals surface area contributed by atoms with Gasteiger partial charge in [-0.05, 0) is 24.6 Å². The van der Waals surface area contributed by atoms with Crippen molar-refractivity contribution in [1.82, 2.24) is 4.57 Å². The molecule has 1 aromatic carbocycles. The zero-order chi connectivity index (χ0) is 14.1. The van der Waals surface area contributed by atoms with Crippen LogP contribution in [0.5, 0.6) is 11.5 Å². The van der Waals surface area contributed by atoms with Crippen LogP contribution >= 0.6 is 0 Å². The lowest BCUT2D eigenvalue weighted by molar-refractivity contribution is 0.354. The Morgan fingerprint density at radius 2 is 1.95 bits per heavy atom. The molecule has 2 aromatic rings. The molecule has 0 bridgehead atoms. The molecule has 0 spiro atoms. The van der Waals surface area contributed by atoms with Crippen molar-refractivity contribution >= 4 is 6.21 Å². The molecule has 2 heterocycles. The Morgan fingerprint density at radius 1 is 1.20 bits per heavy atom. The van der Waals surface area contributed by atoms with Gasteiger partial charge in [0.1, 0.15) is 0 Å². The Bertz CT molecular complexity index is 658. The van der Waals surface area contributed by atoms with Crippen molar-refractivity contribution < 1.29 is 9.47 Å². The van der Waals surface area contributed by atoms with E-state index in [9.17, 15) is 0 Å². The molecule has 0 N–H and O–H groups in total. The van der Waals surface area contributed by atoms with Crippen LogP contribution in [0.25, 0.3) is 5.69 Å². The summed E-state index contributed by atoms with van der Waals surface area (Å²) in [6.07, 6.45) is 4.93. The molecule has 0 amide bonds. The van der Waals surface area contributed by atoms with Crippen LogP contribution in [0.2, 0.25) is 0 Å². The van der Waals surface area contributed by atoms with E-state index >= 15 is 0 Å². The van der Waals surface area contributed by atoms with Crippen molar-refractivity contribution in [3.63, 3.8) is 0 Å². The highest BCUT2D eigenvalue weighted by atomic mass is 16.5. The fourth-order valence-corrected chi connectivity index (χ4v) is 2.65. The van der Waals surface area contributed by atoms with Crippen LogP contribution in [0, 0.1) is 0 Å². The molecule has 4 heteroatoms. The van der Waals surface area contributed by atoms with Gasteiger partial charge in [-0.25, -0.2) is 0 Å². The van der Waals surface area contributed by atoms with Gasteiger partial charge in [-0.1, -0.05) is 6.92 Å². The zero-order valence-electron chi connectivity index (χ0n) is 12.0. The lowest BCUT2D eigenvalue weighted by Gasteiger charge is -2.18. The normalized spacial score (nSPS) is 16.2. The van der Waals surface area contributed by atoms with E-state index in [1.807, 2.05) is 30.6 Å². The predicted molar refractivity (Wildman–Crippen MR) is 79.5 cm³/mol. The number of aromatic nitrogens is 1. The third-order valence-corrected chi connectivity index (χ3v) is 3.71. The first-order valence-electron chi connectivity index (χ1n) is 6.75. The van der Waals surface area contributed by atoms with Crippen molar-refractivity contribution in [2.45, 2.75) is 19.4 Å². The molecule has 1 atom stereocenters. The fourth-order valence-electron chi connectivity index (χ4n) is 2.65. The molecule has 0 unspecified atom stereocenters. The van der Waals surface area contributed by atoms with Crippen LogP contribution in [0.4, 0.5) is 0 Å². The molecular weight excluding hydrogens is 252 g/mol. The van der Waals surface area contributed by atoms with Gasteiger partial charge < -0.3 is 14.0 Å². The summed E-state index contributed by atoms with van der Waals surface area (Å²) >= 11 is 0. The van der Waals surface area contributed by atoms with E-state index in [0.29, 0.717) is 0 Å². The summed E-state index contributed by atoms with van der Waals surface area (Å²) in [4.78, 5) is 4.69. The van der Waals surface area contributed by atoms with E-state index in [1.165, 1.54) is 0 Å². The molecular formula is C16H18N2O2. The minimum Gasteiger partial charge on any atom is -0.493 e. The summed E-state index contributed by atoms with van der Waals surface area (Å²) in [6.45, 7) is 2.14. The first kappa shape index (κ1) is 12.8. The van der Waals surface area contributed by atoms with Crippen LogP contribution in [-0.2, 0) is 0 Å². The monoisotopic (exact) mass is 270 g/mol. The number of benzene rings is 1. The van der Waals surface area contributed by atoms with Crippen LogP contribution in [0.15, 0.2) is 35.5 Å². The maximum atomic E-state index is 5.42. The molecule has 0 fully saturated rings. The highest BCUT2D eigenvalue weighted by Crippen LogP contribution is 2.38. The summed E-state index contributed by atoms with van der Waals surface area (Å²) in [6, 6.07) is 8.28. The summed E-state index contributed by atoms with van der Waals surface area (Å²) < 4.78 is 13.0. The van der Waals surface area contributed by atoms with Gasteiger partial charge >= 0.3 is 0 Å². The molecule has 0 saturated heterocycles. The number of fused-ring (bicyclic) bond motifs is 3. The average Bonchev–Trinajstić information content (AvgIpc) is 2.90. The minimum absolute atomic E-state index is 0.143. The Hall–Kier alpha value is -2.23. The molecule has 3 rings (SSSR count). The summed E-state index contributed by atoms with van der Waals surface area (Å²) in [5.41, 5.74) is 3.35. The standard InChI is InChI=1S/C16H18N2O2/c1-4-13-12-8-15(19-2)16(20-3)9-14(12)18-7-5-6-11(18)10-17-13/h5-10,13H,4H2,1-3H3/t13-/m1/s1. The molecule has 1 aromatic heterocycles. The van der Waals surface area contributed by atoms with Crippen molar-refractivity contribution in [2.75, 3.05) is 14.2 Å². The number of hydrogen-bond acceptors (Lipinski definition) is 3. The van der Waals surface area contributed by atoms with E-state index in [1.54, 1.807) is 14.2 Å². The molecule has 1 aliphatic rings. The predicted octanol–water partition coefficient (Wildman–Crippen LogP) is 3.38. The van der Waals surface area contributed by atoms with E-state index < -0.39 is 0 Å². The molecule has 0 aliphatic carbocycles. The third kappa shape index (κ3) is 1.88. The van der Waals surface area contributed by atoms with Gasteiger partial charge in [0, 0.05) is 24.0 Å². The quantitative estimate of drug-likeness (QED) is 0.857. The van der Waals surface area contributed by atoms with Crippen molar-refractivity contribution in [2.24, 2.45) is 4.99 Å². The van der Waals surface area contributed by atoms with Crippen LogP contribution < -0.4 is 9.47 Å². The molecule has 20 heavy (non-hydrogen) atoms. The maximum absolute atomic E-state index is 5.42. The molecule has 1 aliphatic heterocycles. The number of nitrogens with zero attached hydrogens (tertiary/aromatic N) is 2. The SMILES string of the molecule is CC[C@H]1N=Cc2cccn2-c2cc(OC)c(OC)cc21. The summed E-state index contributed by atoms with van der Waals surface area (Å²) in [5, 5.41) is 0. The van der Waals surface area contributed by atoms with Crippen molar-refractivity contribution in [3.8, 4) is 17.2 Å². The lowest BCUT2D eigenvalue weighted by Crippen LogP contribution is -2.03. The molecule has 104 valence electrons. The smallest absolute Gasteiger partial charge is 0.162 e. The zero-order valence-corrected chi connectivity index (χ0v) is 12.0. The first-order chi connectivity index (χ1) is 9.78. The molecule has 4 nitrogen and oxygen atoms in total. The van der Waals surface area contributed by atoms with Gasteiger partial charge in [0.15, 0.2) is 11.5 Å². The Balaban J connectivity index is 2.28. The van der Waals surface area contributed by atoms with Crippen LogP contribution in [-0.4, -0.2) is 25.0 Å². The topological polar surface area (TPSA) is 35.8 Å². The van der Waals surface area contributed by atoms with Gasteiger partial charge in [-0.2, -0.15) is 0 Å². The Kier molecular flexibility index (Phi) is 3.22. The first-order valence-corrected chi connectivity index (χ1v) is 6.75. The van der Waals surface area contributed by atoms with E-state index in [2.05, 4.69) is 22.5 Å². The molecule has 0 radical (unpaired) electrons. The largest absolute Gasteiger partial charge is 0.493 e. The number of hydrogen-bond donors (Lipinski definition) is 0. The van der Waals surface area contributed by atoms with E-state index in [4.69, 9.17) is 9.47 Å². The van der Waals surface area contributed by atoms with Gasteiger partial charge in [0.05, 0.1) is 31.6 Å². The minimum atomic E-state index is 0.143. The van der Waals surface area contributed by atoms with Crippen molar-refractivity contribution in [1.29, 1.82) is 0 Å². The summed E-state index contributed by atoms with van der Waals surface area (Å²) in [7, 11) is 3.32. The molecule has 0 saturated carbocycles. The van der Waals surface area contributed by atoms with Crippen molar-refractivity contribution in [3.05, 3.63) is 41.7 Å². The third-order valence-electron chi connectivity index (χ3n) is 3.71. The number of rotatable bonds is 3. The second-order valence-electron chi connectivity index (χ2n) is 4.77. The number of ether oxygens (including phenoxy) is 2. The fraction of sp³-hybridized carbons (Fsp3) is 0.312. The second kappa shape index (κ2) is 5.04. The Morgan fingerprint density at radius 3 is 2.65 bits per heavy atom. The van der Waals surface area contributed by atoms with Gasteiger partial charge in [0.2, 0.25) is 0 Å². The average molecular weight is 270 g/mol. The lowest BCUT2D eigenvalue weighted by atomic mass is 10.0. The maximum Gasteiger partial charge on any atom is 0.162 e. The van der Waals surface area contributed by atoms with Gasteiger partial charge in [-0.15, -0.1) is 0 Å². The second-order valence-corrected chi connectivity index (χ2v) is 4.77. The number of methoxy groups -OCH3 is 2. The highest BCUT2D eigenvalue weighted by Gasteiger charge is 2.21. The van der Waals surface area contributed by atoms with Gasteiger partial charge in [-0.3, -0.25) is 4.99 Å².